The number of fused-ring (bicyclic) bond motifs is 3. The fourth-order valence-electron chi connectivity index (χ4n) is 5.51. The lowest BCUT2D eigenvalue weighted by Crippen LogP contribution is -3.00. The van der Waals surface area contributed by atoms with Crippen LogP contribution in [0.5, 0.6) is 0 Å². The maximum absolute atomic E-state index is 13.3. The van der Waals surface area contributed by atoms with Crippen molar-refractivity contribution in [1.29, 1.82) is 0 Å². The van der Waals surface area contributed by atoms with Gasteiger partial charge in [0, 0.05) is 26.2 Å². The Hall–Kier alpha value is -0.560. The molecular formula is C26H52Cl2N4O2. The molecule has 3 heterocycles. The Bertz CT molecular complexity index is 542. The van der Waals surface area contributed by atoms with Gasteiger partial charge in [-0.05, 0) is 23.7 Å². The Morgan fingerprint density at radius 1 is 0.529 bits per heavy atom. The molecule has 0 atom stereocenters. The van der Waals surface area contributed by atoms with E-state index in [0.29, 0.717) is 48.6 Å². The monoisotopic (exact) mass is 522 g/mol. The summed E-state index contributed by atoms with van der Waals surface area (Å²) >= 11 is 0. The lowest BCUT2D eigenvalue weighted by Gasteiger charge is -2.55. The minimum atomic E-state index is 0. The zero-order valence-electron chi connectivity index (χ0n) is 23.2. The lowest BCUT2D eigenvalue weighted by atomic mass is 10.1. The molecule has 0 aliphatic carbocycles. The fraction of sp³-hybridized carbons (Fsp3) is 0.923. The Balaban J connectivity index is 0.00000544. The van der Waals surface area contributed by atoms with Crippen molar-refractivity contribution < 1.29 is 43.4 Å². The summed E-state index contributed by atoms with van der Waals surface area (Å²) in [5.41, 5.74) is 0. The van der Waals surface area contributed by atoms with Gasteiger partial charge in [0.2, 0.25) is 0 Å². The average molecular weight is 524 g/mol. The van der Waals surface area contributed by atoms with Gasteiger partial charge in [-0.25, -0.2) is 0 Å². The molecule has 3 aliphatic heterocycles. The molecule has 8 heteroatoms. The van der Waals surface area contributed by atoms with Gasteiger partial charge >= 0.3 is 0 Å². The van der Waals surface area contributed by atoms with E-state index in [4.69, 9.17) is 0 Å². The molecule has 2 bridgehead atoms. The second kappa shape index (κ2) is 14.2. The summed E-state index contributed by atoms with van der Waals surface area (Å²) in [5.74, 6) is 2.63. The lowest BCUT2D eigenvalue weighted by molar-refractivity contribution is -1.07. The molecule has 0 aromatic carbocycles. The van der Waals surface area contributed by atoms with Gasteiger partial charge in [-0.1, -0.05) is 55.4 Å². The molecule has 3 saturated heterocycles. The molecular weight excluding hydrogens is 471 g/mol. The van der Waals surface area contributed by atoms with Gasteiger partial charge in [0.1, 0.15) is 39.3 Å². The standard InChI is InChI=1S/C26H52N4O2.2ClH/c1-21(2)15-27(16-22(3)4)25(31)19-29-9-12-30(13-10-29,14-11-29)20-26(32)28(17-23(5)6)18-24(7)8;;/h21-24H,9-20H2,1-8H3;2*1H/q+2;;/p-2. The highest BCUT2D eigenvalue weighted by Crippen LogP contribution is 2.27. The van der Waals surface area contributed by atoms with Crippen LogP contribution in [0.25, 0.3) is 0 Å². The molecule has 0 unspecified atom stereocenters. The summed E-state index contributed by atoms with van der Waals surface area (Å²) in [6.07, 6.45) is 0. The van der Waals surface area contributed by atoms with Gasteiger partial charge in [-0.2, -0.15) is 0 Å². The first-order valence-corrected chi connectivity index (χ1v) is 13.1. The predicted octanol–water partition coefficient (Wildman–Crippen LogP) is -3.06. The second-order valence-corrected chi connectivity index (χ2v) is 12.5. The summed E-state index contributed by atoms with van der Waals surface area (Å²) in [5, 5.41) is 0. The van der Waals surface area contributed by atoms with Gasteiger partial charge in [0.05, 0.1) is 0 Å². The van der Waals surface area contributed by atoms with E-state index >= 15 is 0 Å². The maximum Gasteiger partial charge on any atom is 0.277 e. The molecule has 34 heavy (non-hydrogen) atoms. The van der Waals surface area contributed by atoms with E-state index in [1.165, 1.54) is 0 Å². The van der Waals surface area contributed by atoms with Crippen LogP contribution < -0.4 is 24.8 Å². The summed E-state index contributed by atoms with van der Waals surface area (Å²) in [7, 11) is 0. The summed E-state index contributed by atoms with van der Waals surface area (Å²) in [4.78, 5) is 30.7. The van der Waals surface area contributed by atoms with Crippen LogP contribution in [0, 0.1) is 23.7 Å². The molecule has 0 aromatic rings. The number of carbonyl (C=O) groups excluding carboxylic acids is 2. The van der Waals surface area contributed by atoms with E-state index in [1.54, 1.807) is 0 Å². The largest absolute Gasteiger partial charge is 1.00 e. The van der Waals surface area contributed by atoms with Crippen LogP contribution in [-0.4, -0.2) is 109 Å². The Morgan fingerprint density at radius 2 is 0.735 bits per heavy atom. The van der Waals surface area contributed by atoms with E-state index in [2.05, 4.69) is 65.2 Å². The first kappa shape index (κ1) is 33.4. The average Bonchev–Trinajstić information content (AvgIpc) is 2.67. The molecule has 3 aliphatic rings. The normalized spacial score (nSPS) is 23.8. The van der Waals surface area contributed by atoms with E-state index in [9.17, 15) is 9.59 Å². The molecule has 0 saturated carbocycles. The summed E-state index contributed by atoms with van der Waals surface area (Å²) < 4.78 is 1.86. The summed E-state index contributed by atoms with van der Waals surface area (Å²) in [6, 6.07) is 0. The van der Waals surface area contributed by atoms with Crippen LogP contribution in [-0.2, 0) is 9.59 Å². The number of halogens is 2. The zero-order chi connectivity index (χ0) is 24.1. The van der Waals surface area contributed by atoms with Crippen molar-refractivity contribution in [3.05, 3.63) is 0 Å². The number of rotatable bonds is 12. The van der Waals surface area contributed by atoms with Gasteiger partial charge in [0.25, 0.3) is 11.8 Å². The zero-order valence-corrected chi connectivity index (χ0v) is 24.7. The van der Waals surface area contributed by atoms with Crippen molar-refractivity contribution >= 4 is 11.8 Å². The highest BCUT2D eigenvalue weighted by Gasteiger charge is 2.51. The highest BCUT2D eigenvalue weighted by atomic mass is 35.5. The molecule has 6 nitrogen and oxygen atoms in total. The third-order valence-corrected chi connectivity index (χ3v) is 7.13. The minimum absolute atomic E-state index is 0. The smallest absolute Gasteiger partial charge is 0.277 e. The number of quaternary nitrogens is 2. The molecule has 0 radical (unpaired) electrons. The van der Waals surface area contributed by atoms with Crippen molar-refractivity contribution in [2.45, 2.75) is 55.4 Å². The molecule has 3 fully saturated rings. The van der Waals surface area contributed by atoms with Gasteiger partial charge in [0.15, 0.2) is 13.1 Å². The molecule has 0 aromatic heterocycles. The van der Waals surface area contributed by atoms with E-state index in [0.717, 1.165) is 74.4 Å². The van der Waals surface area contributed by atoms with E-state index < -0.39 is 0 Å². The number of hydrogen-bond acceptors (Lipinski definition) is 2. The van der Waals surface area contributed by atoms with E-state index in [1.807, 2.05) is 0 Å². The van der Waals surface area contributed by atoms with Crippen molar-refractivity contribution in [2.75, 3.05) is 78.5 Å². The number of piperazine rings is 3. The SMILES string of the molecule is CC(C)CN(CC(C)C)C(=O)C[N+]12CC[N+](CC(=O)N(CC(C)C)CC(C)C)(CC1)CC2.[Cl-].[Cl-]. The van der Waals surface area contributed by atoms with Gasteiger partial charge < -0.3 is 43.6 Å². The van der Waals surface area contributed by atoms with Crippen molar-refractivity contribution in [3.8, 4) is 0 Å². The van der Waals surface area contributed by atoms with Crippen LogP contribution in [0.3, 0.4) is 0 Å². The first-order valence-electron chi connectivity index (χ1n) is 13.1. The van der Waals surface area contributed by atoms with Crippen molar-refractivity contribution in [3.63, 3.8) is 0 Å². The molecule has 202 valence electrons. The van der Waals surface area contributed by atoms with Crippen LogP contribution in [0.4, 0.5) is 0 Å². The van der Waals surface area contributed by atoms with E-state index in [-0.39, 0.29) is 24.8 Å². The summed E-state index contributed by atoms with van der Waals surface area (Å²) in [6.45, 7) is 28.4. The fourth-order valence-corrected chi connectivity index (χ4v) is 5.51. The third-order valence-electron chi connectivity index (χ3n) is 7.13. The van der Waals surface area contributed by atoms with Gasteiger partial charge in [-0.3, -0.25) is 9.59 Å². The topological polar surface area (TPSA) is 40.6 Å². The highest BCUT2D eigenvalue weighted by molar-refractivity contribution is 5.78. The quantitative estimate of drug-likeness (QED) is 0.255. The number of nitrogens with zero attached hydrogens (tertiary/aromatic N) is 4. The Kier molecular flexibility index (Phi) is 14.0. The molecule has 0 spiro atoms. The predicted molar refractivity (Wildman–Crippen MR) is 132 cm³/mol. The number of carbonyl (C=O) groups is 2. The van der Waals surface area contributed by atoms with Crippen LogP contribution in [0.15, 0.2) is 0 Å². The van der Waals surface area contributed by atoms with Gasteiger partial charge in [-0.15, -0.1) is 0 Å². The minimum Gasteiger partial charge on any atom is -1.00 e. The maximum atomic E-state index is 13.3. The van der Waals surface area contributed by atoms with Crippen LogP contribution in [0.1, 0.15) is 55.4 Å². The molecule has 2 amide bonds. The van der Waals surface area contributed by atoms with Crippen molar-refractivity contribution in [2.24, 2.45) is 23.7 Å². The van der Waals surface area contributed by atoms with Crippen LogP contribution in [0.2, 0.25) is 0 Å². The Morgan fingerprint density at radius 3 is 0.912 bits per heavy atom. The third kappa shape index (κ3) is 9.83. The second-order valence-electron chi connectivity index (χ2n) is 12.5. The number of hydrogen-bond donors (Lipinski definition) is 0. The van der Waals surface area contributed by atoms with Crippen LogP contribution >= 0.6 is 0 Å². The number of amides is 2. The molecule has 0 N–H and O–H groups in total. The first-order chi connectivity index (χ1) is 14.9. The Labute approximate surface area is 222 Å². The van der Waals surface area contributed by atoms with Crippen molar-refractivity contribution in [1.82, 2.24) is 9.80 Å². The molecule has 3 rings (SSSR count).